The molecule has 76 valence electrons. The van der Waals surface area contributed by atoms with Crippen molar-refractivity contribution in [3.05, 3.63) is 0 Å². The van der Waals surface area contributed by atoms with E-state index in [1.165, 1.54) is 0 Å². The van der Waals surface area contributed by atoms with E-state index >= 15 is 0 Å². The lowest BCUT2D eigenvalue weighted by Gasteiger charge is -2.23. The number of rotatable bonds is 3. The van der Waals surface area contributed by atoms with Crippen LogP contribution in [0.1, 0.15) is 6.42 Å². The molecular formula is C9H18N2O2. The van der Waals surface area contributed by atoms with Crippen LogP contribution in [0.3, 0.4) is 0 Å². The summed E-state index contributed by atoms with van der Waals surface area (Å²) in [5.74, 6) is 0.0720. The van der Waals surface area contributed by atoms with Gasteiger partial charge in [0.25, 0.3) is 0 Å². The molecule has 0 aliphatic carbocycles. The van der Waals surface area contributed by atoms with Crippen LogP contribution in [0.15, 0.2) is 0 Å². The summed E-state index contributed by atoms with van der Waals surface area (Å²) in [5.41, 5.74) is 0. The van der Waals surface area contributed by atoms with Gasteiger partial charge in [0.1, 0.15) is 6.61 Å². The maximum atomic E-state index is 11.4. The Morgan fingerprint density at radius 1 is 1.69 bits per heavy atom. The first-order valence-corrected chi connectivity index (χ1v) is 4.58. The molecule has 1 saturated heterocycles. The van der Waals surface area contributed by atoms with Crippen molar-refractivity contribution < 1.29 is 9.53 Å². The molecule has 0 N–H and O–H groups in total. The summed E-state index contributed by atoms with van der Waals surface area (Å²) in [5, 5.41) is 0. The van der Waals surface area contributed by atoms with Gasteiger partial charge in [-0.2, -0.15) is 0 Å². The highest BCUT2D eigenvalue weighted by Gasteiger charge is 2.25. The van der Waals surface area contributed by atoms with Gasteiger partial charge in [-0.15, -0.1) is 0 Å². The fourth-order valence-electron chi connectivity index (χ4n) is 1.66. The second-order valence-corrected chi connectivity index (χ2v) is 3.64. The minimum atomic E-state index is 0.0720. The quantitative estimate of drug-likeness (QED) is 0.611. The summed E-state index contributed by atoms with van der Waals surface area (Å²) < 4.78 is 4.81. The Bertz CT molecular complexity index is 184. The number of methoxy groups -OCH3 is 1. The second-order valence-electron chi connectivity index (χ2n) is 3.64. The van der Waals surface area contributed by atoms with Crippen LogP contribution in [0.25, 0.3) is 0 Å². The molecule has 1 unspecified atom stereocenters. The Morgan fingerprint density at radius 3 is 2.85 bits per heavy atom. The molecule has 1 aliphatic rings. The van der Waals surface area contributed by atoms with Gasteiger partial charge in [-0.3, -0.25) is 4.79 Å². The molecule has 0 bridgehead atoms. The number of likely N-dealkylation sites (tertiary alicyclic amines) is 1. The number of hydrogen-bond acceptors (Lipinski definition) is 3. The van der Waals surface area contributed by atoms with Crippen molar-refractivity contribution in [1.29, 1.82) is 0 Å². The van der Waals surface area contributed by atoms with Gasteiger partial charge in [0.15, 0.2) is 0 Å². The van der Waals surface area contributed by atoms with Crippen LogP contribution in [0, 0.1) is 0 Å². The predicted octanol–water partition coefficient (Wildman–Crippen LogP) is -0.205. The maximum absolute atomic E-state index is 11.4. The van der Waals surface area contributed by atoms with E-state index in [1.54, 1.807) is 12.0 Å². The molecule has 1 fully saturated rings. The lowest BCUT2D eigenvalue weighted by atomic mass is 10.2. The third kappa shape index (κ3) is 2.67. The number of amides is 1. The third-order valence-electron chi connectivity index (χ3n) is 2.58. The zero-order chi connectivity index (χ0) is 9.84. The van der Waals surface area contributed by atoms with Crippen LogP contribution in [0.4, 0.5) is 0 Å². The molecule has 0 spiro atoms. The van der Waals surface area contributed by atoms with E-state index in [0.29, 0.717) is 6.04 Å². The lowest BCUT2D eigenvalue weighted by molar-refractivity contribution is -0.135. The summed E-state index contributed by atoms with van der Waals surface area (Å²) in [6.07, 6.45) is 1.07. The zero-order valence-corrected chi connectivity index (χ0v) is 8.62. The molecule has 0 aromatic carbocycles. The van der Waals surface area contributed by atoms with Crippen molar-refractivity contribution in [3.63, 3.8) is 0 Å². The van der Waals surface area contributed by atoms with Crippen LogP contribution in [0.5, 0.6) is 0 Å². The standard InChI is InChI=1S/C9H18N2O2/c1-10-5-4-8(6-10)11(2)9(12)7-13-3/h8H,4-7H2,1-3H3. The molecule has 1 rings (SSSR count). The van der Waals surface area contributed by atoms with E-state index in [0.717, 1.165) is 19.5 Å². The molecule has 1 aliphatic heterocycles. The minimum Gasteiger partial charge on any atom is -0.375 e. The van der Waals surface area contributed by atoms with E-state index < -0.39 is 0 Å². The first kappa shape index (κ1) is 10.5. The predicted molar refractivity (Wildman–Crippen MR) is 50.5 cm³/mol. The van der Waals surface area contributed by atoms with Gasteiger partial charge < -0.3 is 14.5 Å². The van der Waals surface area contributed by atoms with E-state index in [9.17, 15) is 4.79 Å². The summed E-state index contributed by atoms with van der Waals surface area (Å²) in [6, 6.07) is 0.368. The second kappa shape index (κ2) is 4.58. The fourth-order valence-corrected chi connectivity index (χ4v) is 1.66. The summed E-state index contributed by atoms with van der Waals surface area (Å²) in [6.45, 7) is 2.25. The largest absolute Gasteiger partial charge is 0.375 e. The Hall–Kier alpha value is -0.610. The first-order chi connectivity index (χ1) is 6.15. The smallest absolute Gasteiger partial charge is 0.248 e. The molecule has 4 nitrogen and oxygen atoms in total. The number of carbonyl (C=O) groups is 1. The average molecular weight is 186 g/mol. The molecule has 4 heteroatoms. The molecule has 0 aromatic rings. The molecule has 1 amide bonds. The minimum absolute atomic E-state index is 0.0720. The van der Waals surface area contributed by atoms with Crippen molar-refractivity contribution >= 4 is 5.91 Å². The van der Waals surface area contributed by atoms with Gasteiger partial charge in [-0.1, -0.05) is 0 Å². The fraction of sp³-hybridized carbons (Fsp3) is 0.889. The van der Waals surface area contributed by atoms with Gasteiger partial charge in [0, 0.05) is 26.7 Å². The molecule has 0 saturated carbocycles. The van der Waals surface area contributed by atoms with Crippen molar-refractivity contribution in [3.8, 4) is 0 Å². The van der Waals surface area contributed by atoms with Crippen LogP contribution in [-0.4, -0.2) is 62.7 Å². The van der Waals surface area contributed by atoms with Crippen LogP contribution in [0.2, 0.25) is 0 Å². The summed E-state index contributed by atoms with van der Waals surface area (Å²) in [7, 11) is 5.48. The zero-order valence-electron chi connectivity index (χ0n) is 8.62. The average Bonchev–Trinajstić information content (AvgIpc) is 2.51. The van der Waals surface area contributed by atoms with Gasteiger partial charge >= 0.3 is 0 Å². The summed E-state index contributed by atoms with van der Waals surface area (Å²) >= 11 is 0. The Labute approximate surface area is 79.4 Å². The number of carbonyl (C=O) groups excluding carboxylic acids is 1. The highest BCUT2D eigenvalue weighted by Crippen LogP contribution is 2.12. The van der Waals surface area contributed by atoms with Crippen molar-refractivity contribution in [2.24, 2.45) is 0 Å². The van der Waals surface area contributed by atoms with Crippen LogP contribution >= 0.6 is 0 Å². The Morgan fingerprint density at radius 2 is 2.38 bits per heavy atom. The molecular weight excluding hydrogens is 168 g/mol. The molecule has 0 radical (unpaired) electrons. The van der Waals surface area contributed by atoms with Crippen molar-refractivity contribution in [2.75, 3.05) is 40.9 Å². The van der Waals surface area contributed by atoms with Crippen molar-refractivity contribution in [2.45, 2.75) is 12.5 Å². The van der Waals surface area contributed by atoms with Crippen LogP contribution in [-0.2, 0) is 9.53 Å². The van der Waals surface area contributed by atoms with Gasteiger partial charge in [-0.25, -0.2) is 0 Å². The normalized spacial score (nSPS) is 23.5. The maximum Gasteiger partial charge on any atom is 0.248 e. The van der Waals surface area contributed by atoms with E-state index in [1.807, 2.05) is 7.05 Å². The SMILES string of the molecule is COCC(=O)N(C)C1CCN(C)C1. The highest BCUT2D eigenvalue weighted by atomic mass is 16.5. The van der Waals surface area contributed by atoms with E-state index in [2.05, 4.69) is 11.9 Å². The van der Waals surface area contributed by atoms with Gasteiger partial charge in [-0.05, 0) is 20.0 Å². The summed E-state index contributed by atoms with van der Waals surface area (Å²) in [4.78, 5) is 15.5. The first-order valence-electron chi connectivity index (χ1n) is 4.58. The highest BCUT2D eigenvalue weighted by molar-refractivity contribution is 5.77. The number of likely N-dealkylation sites (N-methyl/N-ethyl adjacent to an activating group) is 2. The molecule has 1 heterocycles. The van der Waals surface area contributed by atoms with Crippen LogP contribution < -0.4 is 0 Å². The Balaban J connectivity index is 2.38. The monoisotopic (exact) mass is 186 g/mol. The van der Waals surface area contributed by atoms with Gasteiger partial charge in [0.2, 0.25) is 5.91 Å². The molecule has 1 atom stereocenters. The molecule has 0 aromatic heterocycles. The van der Waals surface area contributed by atoms with Gasteiger partial charge in [0.05, 0.1) is 0 Å². The lowest BCUT2D eigenvalue weighted by Crippen LogP contribution is -2.40. The van der Waals surface area contributed by atoms with Crippen molar-refractivity contribution in [1.82, 2.24) is 9.80 Å². The number of hydrogen-bond donors (Lipinski definition) is 0. The van der Waals surface area contributed by atoms with E-state index in [4.69, 9.17) is 4.74 Å². The third-order valence-corrected chi connectivity index (χ3v) is 2.58. The molecule has 13 heavy (non-hydrogen) atoms. The number of ether oxygens (including phenoxy) is 1. The number of nitrogens with zero attached hydrogens (tertiary/aromatic N) is 2. The topological polar surface area (TPSA) is 32.8 Å². The Kier molecular flexibility index (Phi) is 3.69. The van der Waals surface area contributed by atoms with E-state index in [-0.39, 0.29) is 12.5 Å².